The monoisotopic (exact) mass is 299 g/mol. The number of halogens is 1. The first-order valence-corrected chi connectivity index (χ1v) is 7.36. The molecule has 2 saturated heterocycles. The first-order chi connectivity index (χ1) is 9.66. The van der Waals surface area contributed by atoms with Gasteiger partial charge in [-0.1, -0.05) is 11.6 Å². The van der Waals surface area contributed by atoms with Crippen LogP contribution in [-0.2, 0) is 4.74 Å². The number of hydrogen-bond donors (Lipinski definition) is 1. The highest BCUT2D eigenvalue weighted by molar-refractivity contribution is 6.33. The molecule has 1 aromatic heterocycles. The molecule has 0 aromatic carbocycles. The van der Waals surface area contributed by atoms with Crippen molar-refractivity contribution in [3.05, 3.63) is 21.6 Å². The second-order valence-electron chi connectivity index (χ2n) is 5.30. The van der Waals surface area contributed by atoms with Crippen LogP contribution < -0.4 is 10.5 Å². The molecule has 7 heteroatoms. The van der Waals surface area contributed by atoms with Crippen molar-refractivity contribution in [2.75, 3.05) is 24.6 Å². The molecule has 1 N–H and O–H groups in total. The number of hydrogen-bond acceptors (Lipinski definition) is 5. The number of anilines is 1. The Kier molecular flexibility index (Phi) is 3.96. The molecule has 2 atom stereocenters. The zero-order valence-corrected chi connectivity index (χ0v) is 11.9. The van der Waals surface area contributed by atoms with Gasteiger partial charge in [0.1, 0.15) is 5.02 Å². The number of aliphatic hydroxyl groups is 1. The summed E-state index contributed by atoms with van der Waals surface area (Å²) in [6.07, 6.45) is 4.43. The predicted octanol–water partition coefficient (Wildman–Crippen LogP) is 1.17. The van der Waals surface area contributed by atoms with Crippen LogP contribution in [0.15, 0.2) is 11.0 Å². The van der Waals surface area contributed by atoms with E-state index >= 15 is 0 Å². The van der Waals surface area contributed by atoms with Gasteiger partial charge in [-0.3, -0.25) is 4.79 Å². The van der Waals surface area contributed by atoms with Crippen LogP contribution in [-0.4, -0.2) is 40.7 Å². The van der Waals surface area contributed by atoms with E-state index in [1.165, 1.54) is 4.68 Å². The van der Waals surface area contributed by atoms with Gasteiger partial charge in [-0.2, -0.15) is 9.78 Å². The molecule has 3 heterocycles. The summed E-state index contributed by atoms with van der Waals surface area (Å²) < 4.78 is 6.90. The fraction of sp³-hybridized carbons (Fsp3) is 0.692. The van der Waals surface area contributed by atoms with Crippen molar-refractivity contribution in [3.8, 4) is 0 Å². The Labute approximate surface area is 121 Å². The molecule has 6 nitrogen and oxygen atoms in total. The average Bonchev–Trinajstić information content (AvgIpc) is 2.89. The predicted molar refractivity (Wildman–Crippen MR) is 75.2 cm³/mol. The van der Waals surface area contributed by atoms with Crippen molar-refractivity contribution in [2.24, 2.45) is 0 Å². The second-order valence-corrected chi connectivity index (χ2v) is 5.68. The quantitative estimate of drug-likeness (QED) is 0.888. The van der Waals surface area contributed by atoms with E-state index in [-0.39, 0.29) is 22.9 Å². The highest BCUT2D eigenvalue weighted by atomic mass is 35.5. The highest BCUT2D eigenvalue weighted by Crippen LogP contribution is 2.27. The van der Waals surface area contributed by atoms with Crippen molar-refractivity contribution in [1.82, 2.24) is 9.78 Å². The van der Waals surface area contributed by atoms with Crippen LogP contribution in [0.4, 0.5) is 5.69 Å². The van der Waals surface area contributed by atoms with Gasteiger partial charge in [-0.05, 0) is 25.7 Å². The molecule has 110 valence electrons. The van der Waals surface area contributed by atoms with Crippen molar-refractivity contribution in [2.45, 2.75) is 38.0 Å². The minimum Gasteiger partial charge on any atom is -0.391 e. The largest absolute Gasteiger partial charge is 0.391 e. The Bertz CT molecular complexity index is 542. The van der Waals surface area contributed by atoms with Gasteiger partial charge in [0.2, 0.25) is 0 Å². The second kappa shape index (κ2) is 5.71. The number of aromatic nitrogens is 2. The molecular weight excluding hydrogens is 282 g/mol. The van der Waals surface area contributed by atoms with Crippen molar-refractivity contribution >= 4 is 17.3 Å². The molecule has 0 aliphatic carbocycles. The smallest absolute Gasteiger partial charge is 0.290 e. The van der Waals surface area contributed by atoms with Gasteiger partial charge in [0.15, 0.2) is 6.23 Å². The zero-order chi connectivity index (χ0) is 14.1. The van der Waals surface area contributed by atoms with Crippen molar-refractivity contribution in [3.63, 3.8) is 0 Å². The molecule has 2 unspecified atom stereocenters. The molecule has 20 heavy (non-hydrogen) atoms. The van der Waals surface area contributed by atoms with E-state index in [9.17, 15) is 9.90 Å². The highest BCUT2D eigenvalue weighted by Gasteiger charge is 2.26. The van der Waals surface area contributed by atoms with Gasteiger partial charge in [0, 0.05) is 19.7 Å². The van der Waals surface area contributed by atoms with Gasteiger partial charge < -0.3 is 14.7 Å². The Morgan fingerprint density at radius 1 is 1.40 bits per heavy atom. The van der Waals surface area contributed by atoms with Crippen molar-refractivity contribution in [1.29, 1.82) is 0 Å². The fourth-order valence-electron chi connectivity index (χ4n) is 2.74. The Balaban J connectivity index is 1.88. The number of rotatable bonds is 2. The molecule has 0 amide bonds. The lowest BCUT2D eigenvalue weighted by atomic mass is 10.2. The Morgan fingerprint density at radius 3 is 2.90 bits per heavy atom. The number of ether oxygens (including phenoxy) is 1. The maximum absolute atomic E-state index is 12.3. The van der Waals surface area contributed by atoms with Crippen LogP contribution in [0.3, 0.4) is 0 Å². The maximum atomic E-state index is 12.3. The summed E-state index contributed by atoms with van der Waals surface area (Å²) >= 11 is 6.19. The minimum absolute atomic E-state index is 0.156. The summed E-state index contributed by atoms with van der Waals surface area (Å²) in [4.78, 5) is 14.2. The standard InChI is InChI=1S/C13H18ClN3O3/c14-12-10(16-5-4-9(18)8-16)7-15-17(13(12)19)11-3-1-2-6-20-11/h7,9,11,18H,1-6,8H2. The van der Waals surface area contributed by atoms with E-state index in [1.807, 2.05) is 4.90 Å². The van der Waals surface area contributed by atoms with E-state index in [0.717, 1.165) is 19.3 Å². The molecule has 0 radical (unpaired) electrons. The molecule has 0 spiro atoms. The third-order valence-corrected chi connectivity index (χ3v) is 4.21. The van der Waals surface area contributed by atoms with Gasteiger partial charge in [-0.25, -0.2) is 0 Å². The molecule has 0 bridgehead atoms. The van der Waals surface area contributed by atoms with Crippen LogP contribution in [0.5, 0.6) is 0 Å². The van der Waals surface area contributed by atoms with Gasteiger partial charge in [-0.15, -0.1) is 0 Å². The van der Waals surface area contributed by atoms with Crippen LogP contribution >= 0.6 is 11.6 Å². The first-order valence-electron chi connectivity index (χ1n) is 6.99. The van der Waals surface area contributed by atoms with Crippen LogP contribution in [0.2, 0.25) is 5.02 Å². The summed E-state index contributed by atoms with van der Waals surface area (Å²) in [6, 6.07) is 0. The van der Waals surface area contributed by atoms with Gasteiger partial charge in [0.25, 0.3) is 5.56 Å². The summed E-state index contributed by atoms with van der Waals surface area (Å²) in [6.45, 7) is 1.83. The third-order valence-electron chi connectivity index (χ3n) is 3.86. The molecular formula is C13H18ClN3O3. The molecule has 2 aliphatic heterocycles. The van der Waals surface area contributed by atoms with Crippen LogP contribution in [0, 0.1) is 0 Å². The van der Waals surface area contributed by atoms with E-state index in [4.69, 9.17) is 16.3 Å². The third kappa shape index (κ3) is 2.55. The Morgan fingerprint density at radius 2 is 2.25 bits per heavy atom. The lowest BCUT2D eigenvalue weighted by Crippen LogP contribution is -2.33. The number of aliphatic hydroxyl groups excluding tert-OH is 1. The summed E-state index contributed by atoms with van der Waals surface area (Å²) in [5.41, 5.74) is 0.276. The van der Waals surface area contributed by atoms with Crippen LogP contribution in [0.1, 0.15) is 31.9 Å². The van der Waals surface area contributed by atoms with E-state index < -0.39 is 0 Å². The molecule has 0 saturated carbocycles. The molecule has 1 aromatic rings. The molecule has 3 rings (SSSR count). The minimum atomic E-state index is -0.366. The number of nitrogens with zero attached hydrogens (tertiary/aromatic N) is 3. The normalized spacial score (nSPS) is 27.0. The molecule has 2 aliphatic rings. The van der Waals surface area contributed by atoms with E-state index in [2.05, 4.69) is 5.10 Å². The lowest BCUT2D eigenvalue weighted by molar-refractivity contribution is -0.0424. The summed E-state index contributed by atoms with van der Waals surface area (Å²) in [7, 11) is 0. The summed E-state index contributed by atoms with van der Waals surface area (Å²) in [5, 5.41) is 13.9. The first kappa shape index (κ1) is 13.9. The SMILES string of the molecule is O=c1c(Cl)c(N2CCC(O)C2)cnn1C1CCCCO1. The lowest BCUT2D eigenvalue weighted by Gasteiger charge is -2.25. The Hall–Kier alpha value is -1.11. The topological polar surface area (TPSA) is 67.6 Å². The maximum Gasteiger partial charge on any atom is 0.290 e. The average molecular weight is 300 g/mol. The zero-order valence-electron chi connectivity index (χ0n) is 11.2. The van der Waals surface area contributed by atoms with Gasteiger partial charge >= 0.3 is 0 Å². The fourth-order valence-corrected chi connectivity index (χ4v) is 2.99. The summed E-state index contributed by atoms with van der Waals surface area (Å²) in [5.74, 6) is 0. The van der Waals surface area contributed by atoms with Crippen molar-refractivity contribution < 1.29 is 9.84 Å². The van der Waals surface area contributed by atoms with E-state index in [1.54, 1.807) is 6.20 Å². The van der Waals surface area contributed by atoms with Gasteiger partial charge in [0.05, 0.1) is 18.0 Å². The van der Waals surface area contributed by atoms with Crippen LogP contribution in [0.25, 0.3) is 0 Å². The number of β-amino-alcohol motifs (C(OH)–C–C–N with tert-alkyl or cyclic N) is 1. The molecule has 2 fully saturated rings. The van der Waals surface area contributed by atoms with E-state index in [0.29, 0.717) is 31.8 Å².